The monoisotopic (exact) mass is 328 g/mol. The van der Waals surface area contributed by atoms with Gasteiger partial charge < -0.3 is 10.2 Å². The van der Waals surface area contributed by atoms with E-state index in [1.807, 2.05) is 0 Å². The van der Waals surface area contributed by atoms with E-state index in [0.717, 1.165) is 5.56 Å². The lowest BCUT2D eigenvalue weighted by Gasteiger charge is -2.31. The Morgan fingerprint density at radius 1 is 1.00 bits per heavy atom. The Balaban J connectivity index is 2.43. The van der Waals surface area contributed by atoms with E-state index in [4.69, 9.17) is 23.2 Å². The van der Waals surface area contributed by atoms with Gasteiger partial charge >= 0.3 is 0 Å². The molecule has 0 fully saturated rings. The van der Waals surface area contributed by atoms with Gasteiger partial charge in [-0.05, 0) is 41.8 Å². The molecule has 5 heteroatoms. The molecular weight excluding hydrogens is 314 g/mol. The van der Waals surface area contributed by atoms with Crippen LogP contribution in [0.15, 0.2) is 42.5 Å². The number of hydrogen-bond acceptors (Lipinski definition) is 2. The summed E-state index contributed by atoms with van der Waals surface area (Å²) in [5, 5.41) is 20.5. The molecule has 0 bridgehead atoms. The first-order chi connectivity index (χ1) is 10.0. The van der Waals surface area contributed by atoms with Gasteiger partial charge in [0.1, 0.15) is 5.82 Å². The molecular formula is C16H15Cl2FO2. The first-order valence-electron chi connectivity index (χ1n) is 6.42. The van der Waals surface area contributed by atoms with Crippen LogP contribution < -0.4 is 0 Å². The van der Waals surface area contributed by atoms with E-state index >= 15 is 0 Å². The Labute approximate surface area is 132 Å². The van der Waals surface area contributed by atoms with Crippen LogP contribution in [0.2, 0.25) is 10.0 Å². The van der Waals surface area contributed by atoms with Gasteiger partial charge in [0.2, 0.25) is 0 Å². The van der Waals surface area contributed by atoms with E-state index in [0.29, 0.717) is 15.6 Å². The van der Waals surface area contributed by atoms with Gasteiger partial charge in [0, 0.05) is 15.5 Å². The van der Waals surface area contributed by atoms with Crippen molar-refractivity contribution in [2.75, 3.05) is 13.2 Å². The smallest absolute Gasteiger partial charge is 0.123 e. The zero-order valence-electron chi connectivity index (χ0n) is 11.2. The van der Waals surface area contributed by atoms with Crippen molar-refractivity contribution in [2.45, 2.75) is 11.8 Å². The molecule has 0 unspecified atom stereocenters. The highest BCUT2D eigenvalue weighted by molar-refractivity contribution is 6.35. The first kappa shape index (κ1) is 16.2. The number of aliphatic hydroxyl groups is 2. The predicted molar refractivity (Wildman–Crippen MR) is 82.4 cm³/mol. The third-order valence-electron chi connectivity index (χ3n) is 3.59. The van der Waals surface area contributed by atoms with Crippen LogP contribution in [0.4, 0.5) is 4.39 Å². The van der Waals surface area contributed by atoms with Gasteiger partial charge in [0.15, 0.2) is 0 Å². The molecule has 0 aliphatic rings. The fraction of sp³-hybridized carbons (Fsp3) is 0.250. The van der Waals surface area contributed by atoms with Gasteiger partial charge in [0.25, 0.3) is 0 Å². The summed E-state index contributed by atoms with van der Waals surface area (Å²) in [5.74, 6) is -0.416. The Morgan fingerprint density at radius 3 is 2.29 bits per heavy atom. The minimum absolute atomic E-state index is 0.277. The second kappa shape index (κ2) is 6.75. The summed E-state index contributed by atoms with van der Waals surface area (Å²) in [4.78, 5) is 0. The van der Waals surface area contributed by atoms with Crippen molar-refractivity contribution < 1.29 is 14.6 Å². The highest BCUT2D eigenvalue weighted by atomic mass is 35.5. The molecule has 112 valence electrons. The highest BCUT2D eigenvalue weighted by Gasteiger charge is 2.32. The van der Waals surface area contributed by atoms with Crippen LogP contribution in [0.5, 0.6) is 0 Å². The topological polar surface area (TPSA) is 40.5 Å². The van der Waals surface area contributed by atoms with E-state index in [-0.39, 0.29) is 19.6 Å². The van der Waals surface area contributed by atoms with Crippen molar-refractivity contribution in [1.29, 1.82) is 0 Å². The number of benzene rings is 2. The molecule has 2 rings (SSSR count). The second-order valence-electron chi connectivity index (χ2n) is 5.02. The van der Waals surface area contributed by atoms with Crippen molar-refractivity contribution in [3.05, 3.63) is 69.5 Å². The molecule has 2 N–H and O–H groups in total. The van der Waals surface area contributed by atoms with Crippen LogP contribution in [0.3, 0.4) is 0 Å². The standard InChI is InChI=1S/C16H15Cl2FO2/c17-13-5-4-11(15(18)7-13)8-16(9-20,10-21)12-2-1-3-14(19)6-12/h1-7,20-21H,8-10H2. The lowest BCUT2D eigenvalue weighted by Crippen LogP contribution is -2.37. The van der Waals surface area contributed by atoms with Crippen LogP contribution in [-0.4, -0.2) is 23.4 Å². The number of hydrogen-bond donors (Lipinski definition) is 2. The third-order valence-corrected chi connectivity index (χ3v) is 4.17. The van der Waals surface area contributed by atoms with Gasteiger partial charge in [-0.15, -0.1) is 0 Å². The summed E-state index contributed by atoms with van der Waals surface area (Å²) in [6.45, 7) is -0.655. The molecule has 2 aromatic rings. The normalized spacial score (nSPS) is 11.7. The summed E-state index contributed by atoms with van der Waals surface area (Å²) in [7, 11) is 0. The Morgan fingerprint density at radius 2 is 1.71 bits per heavy atom. The maximum atomic E-state index is 13.4. The number of rotatable bonds is 5. The molecule has 0 atom stereocenters. The van der Waals surface area contributed by atoms with E-state index in [1.54, 1.807) is 30.3 Å². The molecule has 0 saturated heterocycles. The van der Waals surface area contributed by atoms with Gasteiger partial charge in [0.05, 0.1) is 13.2 Å². The van der Waals surface area contributed by atoms with E-state index in [1.165, 1.54) is 12.1 Å². The van der Waals surface area contributed by atoms with E-state index in [2.05, 4.69) is 0 Å². The highest BCUT2D eigenvalue weighted by Crippen LogP contribution is 2.32. The Hall–Kier alpha value is -1.13. The zero-order chi connectivity index (χ0) is 15.5. The van der Waals surface area contributed by atoms with Gasteiger partial charge in [-0.25, -0.2) is 4.39 Å². The van der Waals surface area contributed by atoms with Crippen LogP contribution >= 0.6 is 23.2 Å². The summed E-state index contributed by atoms with van der Waals surface area (Å²) in [6, 6.07) is 10.9. The van der Waals surface area contributed by atoms with Gasteiger partial charge in [-0.2, -0.15) is 0 Å². The maximum absolute atomic E-state index is 13.4. The Kier molecular flexibility index (Phi) is 5.22. The second-order valence-corrected chi connectivity index (χ2v) is 5.86. The van der Waals surface area contributed by atoms with Crippen molar-refractivity contribution in [1.82, 2.24) is 0 Å². The Bertz CT molecular complexity index is 627. The van der Waals surface area contributed by atoms with Crippen molar-refractivity contribution in [3.8, 4) is 0 Å². The minimum Gasteiger partial charge on any atom is -0.395 e. The molecule has 0 aliphatic carbocycles. The number of aliphatic hydroxyl groups excluding tert-OH is 2. The average molecular weight is 329 g/mol. The lowest BCUT2D eigenvalue weighted by atomic mass is 9.77. The lowest BCUT2D eigenvalue weighted by molar-refractivity contribution is 0.116. The molecule has 0 aromatic heterocycles. The molecule has 0 saturated carbocycles. The van der Waals surface area contributed by atoms with E-state index in [9.17, 15) is 14.6 Å². The molecule has 0 aliphatic heterocycles. The average Bonchev–Trinajstić information content (AvgIpc) is 2.47. The maximum Gasteiger partial charge on any atom is 0.123 e. The summed E-state index contributed by atoms with van der Waals surface area (Å²) >= 11 is 12.0. The summed E-state index contributed by atoms with van der Waals surface area (Å²) in [5.41, 5.74) is 0.256. The molecule has 2 nitrogen and oxygen atoms in total. The van der Waals surface area contributed by atoms with Crippen LogP contribution in [0, 0.1) is 5.82 Å². The predicted octanol–water partition coefficient (Wildman–Crippen LogP) is 3.60. The summed E-state index contributed by atoms with van der Waals surface area (Å²) in [6.07, 6.45) is 0.277. The quantitative estimate of drug-likeness (QED) is 0.880. The molecule has 0 spiro atoms. The van der Waals surface area contributed by atoms with Crippen LogP contribution in [0.25, 0.3) is 0 Å². The molecule has 0 heterocycles. The van der Waals surface area contributed by atoms with Crippen LogP contribution in [-0.2, 0) is 11.8 Å². The van der Waals surface area contributed by atoms with Gasteiger partial charge in [-0.3, -0.25) is 0 Å². The molecule has 21 heavy (non-hydrogen) atoms. The first-order valence-corrected chi connectivity index (χ1v) is 7.18. The fourth-order valence-electron chi connectivity index (χ4n) is 2.29. The minimum atomic E-state index is -1.00. The molecule has 0 amide bonds. The molecule has 0 radical (unpaired) electrons. The summed E-state index contributed by atoms with van der Waals surface area (Å²) < 4.78 is 13.4. The van der Waals surface area contributed by atoms with E-state index < -0.39 is 11.2 Å². The largest absolute Gasteiger partial charge is 0.395 e. The van der Waals surface area contributed by atoms with Crippen molar-refractivity contribution >= 4 is 23.2 Å². The molecule has 2 aromatic carbocycles. The SMILES string of the molecule is OCC(CO)(Cc1ccc(Cl)cc1Cl)c1cccc(F)c1. The number of halogens is 3. The van der Waals surface area contributed by atoms with Crippen LogP contribution in [0.1, 0.15) is 11.1 Å². The fourth-order valence-corrected chi connectivity index (χ4v) is 2.77. The zero-order valence-corrected chi connectivity index (χ0v) is 12.7. The van der Waals surface area contributed by atoms with Crippen molar-refractivity contribution in [3.63, 3.8) is 0 Å². The van der Waals surface area contributed by atoms with Crippen molar-refractivity contribution in [2.24, 2.45) is 0 Å². The van der Waals surface area contributed by atoms with Gasteiger partial charge in [-0.1, -0.05) is 41.4 Å². The third kappa shape index (κ3) is 3.55.